The summed E-state index contributed by atoms with van der Waals surface area (Å²) in [5, 5.41) is 10.5. The maximum atomic E-state index is 11.8. The molecule has 0 aliphatic heterocycles. The molecule has 2 aromatic heterocycles. The standard InChI is InChI=1S/C12H18N6O/c1-9-3-4-11(17(9)2)6-14-12(19)8-18-7-10(5-13)15-16-18/h3-4,7H,5-6,8,13H2,1-2H3,(H,14,19). The number of carbonyl (C=O) groups is 1. The first-order chi connectivity index (χ1) is 9.10. The van der Waals surface area contributed by atoms with Crippen molar-refractivity contribution >= 4 is 5.91 Å². The van der Waals surface area contributed by atoms with Crippen LogP contribution in [0.4, 0.5) is 0 Å². The molecule has 102 valence electrons. The van der Waals surface area contributed by atoms with Crippen LogP contribution < -0.4 is 11.1 Å². The third kappa shape index (κ3) is 3.19. The smallest absolute Gasteiger partial charge is 0.242 e. The number of nitrogens with one attached hydrogen (secondary N) is 1. The first kappa shape index (κ1) is 13.3. The van der Waals surface area contributed by atoms with Gasteiger partial charge in [-0.1, -0.05) is 5.21 Å². The summed E-state index contributed by atoms with van der Waals surface area (Å²) in [5.41, 5.74) is 8.32. The van der Waals surface area contributed by atoms with E-state index in [1.807, 2.05) is 30.7 Å². The van der Waals surface area contributed by atoms with Gasteiger partial charge < -0.3 is 15.6 Å². The molecular formula is C12H18N6O. The summed E-state index contributed by atoms with van der Waals surface area (Å²) in [4.78, 5) is 11.8. The van der Waals surface area contributed by atoms with Crippen molar-refractivity contribution < 1.29 is 4.79 Å². The fourth-order valence-corrected chi connectivity index (χ4v) is 1.75. The molecule has 0 atom stereocenters. The zero-order valence-corrected chi connectivity index (χ0v) is 11.1. The molecule has 7 heteroatoms. The average Bonchev–Trinajstić information content (AvgIpc) is 2.96. The normalized spacial score (nSPS) is 10.7. The van der Waals surface area contributed by atoms with E-state index in [0.29, 0.717) is 18.8 Å². The Hall–Kier alpha value is -2.15. The molecule has 0 aliphatic carbocycles. The van der Waals surface area contributed by atoms with Gasteiger partial charge in [-0.15, -0.1) is 5.10 Å². The quantitative estimate of drug-likeness (QED) is 0.774. The molecule has 7 nitrogen and oxygen atoms in total. The molecule has 0 fully saturated rings. The molecule has 0 radical (unpaired) electrons. The van der Waals surface area contributed by atoms with Gasteiger partial charge in [0.1, 0.15) is 6.54 Å². The van der Waals surface area contributed by atoms with E-state index in [9.17, 15) is 4.79 Å². The lowest BCUT2D eigenvalue weighted by Gasteiger charge is -2.07. The molecule has 1 amide bonds. The minimum absolute atomic E-state index is 0.104. The monoisotopic (exact) mass is 262 g/mol. The van der Waals surface area contributed by atoms with Crippen molar-refractivity contribution in [3.63, 3.8) is 0 Å². The Morgan fingerprint density at radius 2 is 2.26 bits per heavy atom. The minimum Gasteiger partial charge on any atom is -0.350 e. The fourth-order valence-electron chi connectivity index (χ4n) is 1.75. The van der Waals surface area contributed by atoms with Gasteiger partial charge in [0.05, 0.1) is 18.4 Å². The highest BCUT2D eigenvalue weighted by atomic mass is 16.2. The number of hydrogen-bond donors (Lipinski definition) is 2. The van der Waals surface area contributed by atoms with Crippen LogP contribution in [-0.2, 0) is 31.5 Å². The van der Waals surface area contributed by atoms with Gasteiger partial charge in [0.25, 0.3) is 0 Å². The first-order valence-corrected chi connectivity index (χ1v) is 6.07. The van der Waals surface area contributed by atoms with E-state index in [-0.39, 0.29) is 12.5 Å². The van der Waals surface area contributed by atoms with Crippen LogP contribution in [0.25, 0.3) is 0 Å². The lowest BCUT2D eigenvalue weighted by Crippen LogP contribution is -2.28. The van der Waals surface area contributed by atoms with Crippen molar-refractivity contribution in [3.8, 4) is 0 Å². The summed E-state index contributed by atoms with van der Waals surface area (Å²) < 4.78 is 3.52. The number of aryl methyl sites for hydroxylation is 1. The molecule has 2 aromatic rings. The van der Waals surface area contributed by atoms with Crippen molar-refractivity contribution in [2.45, 2.75) is 26.6 Å². The predicted octanol–water partition coefficient (Wildman–Crippen LogP) is -0.300. The second-order valence-corrected chi connectivity index (χ2v) is 4.41. The molecule has 0 aliphatic rings. The van der Waals surface area contributed by atoms with Gasteiger partial charge in [-0.25, -0.2) is 4.68 Å². The number of carbonyl (C=O) groups excluding carboxylic acids is 1. The molecule has 0 spiro atoms. The molecule has 0 saturated heterocycles. The third-order valence-corrected chi connectivity index (χ3v) is 3.04. The SMILES string of the molecule is Cc1ccc(CNC(=O)Cn2cc(CN)nn2)n1C. The fraction of sp³-hybridized carbons (Fsp3) is 0.417. The van der Waals surface area contributed by atoms with Crippen LogP contribution in [0.3, 0.4) is 0 Å². The number of amides is 1. The zero-order valence-electron chi connectivity index (χ0n) is 11.1. The maximum absolute atomic E-state index is 11.8. The lowest BCUT2D eigenvalue weighted by molar-refractivity contribution is -0.122. The Kier molecular flexibility index (Phi) is 3.96. The van der Waals surface area contributed by atoms with Crippen molar-refractivity contribution in [2.24, 2.45) is 12.8 Å². The van der Waals surface area contributed by atoms with Crippen LogP contribution in [0.2, 0.25) is 0 Å². The average molecular weight is 262 g/mol. The van der Waals surface area contributed by atoms with E-state index < -0.39 is 0 Å². The molecule has 0 unspecified atom stereocenters. The summed E-state index contributed by atoms with van der Waals surface area (Å²) in [6.07, 6.45) is 1.67. The number of nitrogens with zero attached hydrogens (tertiary/aromatic N) is 4. The van der Waals surface area contributed by atoms with Gasteiger partial charge in [0.2, 0.25) is 5.91 Å². The summed E-state index contributed by atoms with van der Waals surface area (Å²) >= 11 is 0. The third-order valence-electron chi connectivity index (χ3n) is 3.04. The summed E-state index contributed by atoms with van der Waals surface area (Å²) in [6.45, 7) is 3.00. The highest BCUT2D eigenvalue weighted by molar-refractivity contribution is 5.75. The Morgan fingerprint density at radius 1 is 1.47 bits per heavy atom. The predicted molar refractivity (Wildman–Crippen MR) is 69.9 cm³/mol. The van der Waals surface area contributed by atoms with E-state index in [0.717, 1.165) is 11.4 Å². The molecule has 2 rings (SSSR count). The van der Waals surface area contributed by atoms with Crippen LogP contribution in [0, 0.1) is 6.92 Å². The van der Waals surface area contributed by atoms with Crippen molar-refractivity contribution in [3.05, 3.63) is 35.4 Å². The van der Waals surface area contributed by atoms with Crippen molar-refractivity contribution in [2.75, 3.05) is 0 Å². The van der Waals surface area contributed by atoms with Crippen LogP contribution in [0.5, 0.6) is 0 Å². The summed E-state index contributed by atoms with van der Waals surface area (Å²) in [6, 6.07) is 4.02. The highest BCUT2D eigenvalue weighted by Gasteiger charge is 2.07. The molecule has 0 aromatic carbocycles. The Labute approximate surface area is 111 Å². The van der Waals surface area contributed by atoms with Crippen LogP contribution >= 0.6 is 0 Å². The highest BCUT2D eigenvalue weighted by Crippen LogP contribution is 2.05. The minimum atomic E-state index is -0.104. The first-order valence-electron chi connectivity index (χ1n) is 6.07. The molecule has 0 bridgehead atoms. The maximum Gasteiger partial charge on any atom is 0.242 e. The number of hydrogen-bond acceptors (Lipinski definition) is 4. The van der Waals surface area contributed by atoms with Crippen LogP contribution in [0.15, 0.2) is 18.3 Å². The zero-order chi connectivity index (χ0) is 13.8. The lowest BCUT2D eigenvalue weighted by atomic mass is 10.4. The van der Waals surface area contributed by atoms with E-state index in [2.05, 4.69) is 15.6 Å². The molecule has 0 saturated carbocycles. The van der Waals surface area contributed by atoms with Gasteiger partial charge in [-0.2, -0.15) is 0 Å². The second kappa shape index (κ2) is 5.66. The van der Waals surface area contributed by atoms with E-state index in [1.165, 1.54) is 4.68 Å². The number of rotatable bonds is 5. The van der Waals surface area contributed by atoms with Gasteiger partial charge in [0.15, 0.2) is 0 Å². The molecule has 2 heterocycles. The number of nitrogens with two attached hydrogens (primary N) is 1. The van der Waals surface area contributed by atoms with Crippen LogP contribution in [-0.4, -0.2) is 25.5 Å². The molecule has 3 N–H and O–H groups in total. The van der Waals surface area contributed by atoms with Gasteiger partial charge in [-0.05, 0) is 19.1 Å². The molecular weight excluding hydrogens is 244 g/mol. The topological polar surface area (TPSA) is 90.8 Å². The van der Waals surface area contributed by atoms with Gasteiger partial charge in [-0.3, -0.25) is 4.79 Å². The van der Waals surface area contributed by atoms with Crippen LogP contribution in [0.1, 0.15) is 17.1 Å². The summed E-state index contributed by atoms with van der Waals surface area (Å²) in [7, 11) is 1.97. The van der Waals surface area contributed by atoms with E-state index >= 15 is 0 Å². The number of aromatic nitrogens is 4. The van der Waals surface area contributed by atoms with Crippen molar-refractivity contribution in [1.29, 1.82) is 0 Å². The molecule has 19 heavy (non-hydrogen) atoms. The van der Waals surface area contributed by atoms with E-state index in [4.69, 9.17) is 5.73 Å². The van der Waals surface area contributed by atoms with Gasteiger partial charge >= 0.3 is 0 Å². The Bertz CT molecular complexity index is 571. The van der Waals surface area contributed by atoms with E-state index in [1.54, 1.807) is 6.20 Å². The van der Waals surface area contributed by atoms with Gasteiger partial charge in [0, 0.05) is 25.0 Å². The Balaban J connectivity index is 1.86. The van der Waals surface area contributed by atoms with Crippen molar-refractivity contribution in [1.82, 2.24) is 24.9 Å². The Morgan fingerprint density at radius 3 is 2.84 bits per heavy atom. The largest absolute Gasteiger partial charge is 0.350 e. The summed E-state index contributed by atoms with van der Waals surface area (Å²) in [5.74, 6) is -0.104. The second-order valence-electron chi connectivity index (χ2n) is 4.41.